The van der Waals surface area contributed by atoms with E-state index in [1.54, 1.807) is 25.1 Å². The van der Waals surface area contributed by atoms with Gasteiger partial charge in [-0.3, -0.25) is 0 Å². The van der Waals surface area contributed by atoms with Crippen LogP contribution in [0.5, 0.6) is 28.7 Å². The van der Waals surface area contributed by atoms with E-state index in [2.05, 4.69) is 0 Å². The average Bonchev–Trinajstić information content (AvgIpc) is 2.46. The molecule has 0 fully saturated rings. The molecule has 116 valence electrons. The van der Waals surface area contributed by atoms with Crippen molar-refractivity contribution in [3.05, 3.63) is 47.0 Å². The second-order valence-corrected chi connectivity index (χ2v) is 5.32. The van der Waals surface area contributed by atoms with Crippen molar-refractivity contribution in [1.29, 1.82) is 0 Å². The number of hydrogen-bond acceptors (Lipinski definition) is 4. The Bertz CT molecular complexity index is 725. The van der Waals surface area contributed by atoms with Crippen LogP contribution in [0.15, 0.2) is 30.3 Å². The highest BCUT2D eigenvalue weighted by molar-refractivity contribution is 5.75. The average molecular weight is 300 g/mol. The van der Waals surface area contributed by atoms with Gasteiger partial charge in [0, 0.05) is 17.2 Å². The van der Waals surface area contributed by atoms with Crippen LogP contribution in [-0.2, 0) is 0 Å². The van der Waals surface area contributed by atoms with Crippen LogP contribution < -0.4 is 4.74 Å². The normalized spacial score (nSPS) is 11.5. The van der Waals surface area contributed by atoms with Crippen molar-refractivity contribution < 1.29 is 20.1 Å². The predicted octanol–water partition coefficient (Wildman–Crippen LogP) is 4.64. The van der Waals surface area contributed by atoms with Gasteiger partial charge in [-0.25, -0.2) is 0 Å². The van der Waals surface area contributed by atoms with Gasteiger partial charge >= 0.3 is 0 Å². The summed E-state index contributed by atoms with van der Waals surface area (Å²) < 4.78 is 5.80. The van der Waals surface area contributed by atoms with Crippen LogP contribution in [0.4, 0.5) is 0 Å². The number of allylic oxidation sites excluding steroid dienone is 2. The lowest BCUT2D eigenvalue weighted by Crippen LogP contribution is -1.94. The number of phenolic OH excluding ortho intramolecular Hbond substituents is 3. The maximum atomic E-state index is 10.3. The molecule has 2 aromatic rings. The van der Waals surface area contributed by atoms with Gasteiger partial charge in [0.1, 0.15) is 17.2 Å². The SMILES string of the molecule is C/C=C(\C)c1cc(O)c(C)c(O)c1Oc1cc(C)cc(O)c1. The molecule has 2 aromatic carbocycles. The molecule has 0 spiro atoms. The molecule has 0 aromatic heterocycles. The number of ether oxygens (including phenoxy) is 1. The summed E-state index contributed by atoms with van der Waals surface area (Å²) >= 11 is 0. The number of phenols is 3. The molecule has 4 nitrogen and oxygen atoms in total. The Balaban J connectivity index is 2.60. The lowest BCUT2D eigenvalue weighted by molar-refractivity contribution is 0.395. The smallest absolute Gasteiger partial charge is 0.177 e. The molecule has 2 rings (SSSR count). The van der Waals surface area contributed by atoms with E-state index in [0.717, 1.165) is 11.1 Å². The number of aromatic hydroxyl groups is 3. The zero-order chi connectivity index (χ0) is 16.4. The Morgan fingerprint density at radius 3 is 2.32 bits per heavy atom. The van der Waals surface area contributed by atoms with Gasteiger partial charge in [-0.1, -0.05) is 6.08 Å². The third kappa shape index (κ3) is 3.01. The molecule has 0 saturated carbocycles. The van der Waals surface area contributed by atoms with Gasteiger partial charge in [-0.05, 0) is 57.0 Å². The van der Waals surface area contributed by atoms with Crippen LogP contribution in [0, 0.1) is 13.8 Å². The summed E-state index contributed by atoms with van der Waals surface area (Å²) in [6, 6.07) is 6.42. The molecule has 4 heteroatoms. The third-order valence-corrected chi connectivity index (χ3v) is 3.59. The van der Waals surface area contributed by atoms with E-state index in [1.165, 1.54) is 6.07 Å². The quantitative estimate of drug-likeness (QED) is 0.772. The maximum absolute atomic E-state index is 10.3. The monoisotopic (exact) mass is 300 g/mol. The largest absolute Gasteiger partial charge is 0.508 e. The fourth-order valence-corrected chi connectivity index (χ4v) is 2.19. The molecular weight excluding hydrogens is 280 g/mol. The first-order valence-corrected chi connectivity index (χ1v) is 7.00. The summed E-state index contributed by atoms with van der Waals surface area (Å²) in [7, 11) is 0. The number of rotatable bonds is 3. The van der Waals surface area contributed by atoms with E-state index in [-0.39, 0.29) is 23.0 Å². The topological polar surface area (TPSA) is 69.9 Å². The minimum Gasteiger partial charge on any atom is -0.508 e. The minimum atomic E-state index is -0.114. The lowest BCUT2D eigenvalue weighted by atomic mass is 10.0. The Morgan fingerprint density at radius 2 is 1.73 bits per heavy atom. The summed E-state index contributed by atoms with van der Waals surface area (Å²) in [5.74, 6) is 0.665. The zero-order valence-electron chi connectivity index (χ0n) is 13.1. The first-order valence-electron chi connectivity index (χ1n) is 7.00. The van der Waals surface area contributed by atoms with E-state index in [4.69, 9.17) is 4.74 Å². The molecule has 0 bridgehead atoms. The van der Waals surface area contributed by atoms with Crippen molar-refractivity contribution in [1.82, 2.24) is 0 Å². The molecule has 0 atom stereocenters. The fraction of sp³-hybridized carbons (Fsp3) is 0.222. The molecule has 3 N–H and O–H groups in total. The Hall–Kier alpha value is -2.62. The Morgan fingerprint density at radius 1 is 1.05 bits per heavy atom. The zero-order valence-corrected chi connectivity index (χ0v) is 13.1. The van der Waals surface area contributed by atoms with Crippen molar-refractivity contribution in [2.75, 3.05) is 0 Å². The van der Waals surface area contributed by atoms with Crippen LogP contribution in [0.3, 0.4) is 0 Å². The van der Waals surface area contributed by atoms with Crippen LogP contribution >= 0.6 is 0 Å². The van der Waals surface area contributed by atoms with Gasteiger partial charge in [0.25, 0.3) is 0 Å². The Kier molecular flexibility index (Phi) is 4.31. The van der Waals surface area contributed by atoms with E-state index >= 15 is 0 Å². The van der Waals surface area contributed by atoms with Crippen LogP contribution in [0.1, 0.15) is 30.5 Å². The van der Waals surface area contributed by atoms with Crippen molar-refractivity contribution in [2.45, 2.75) is 27.7 Å². The lowest BCUT2D eigenvalue weighted by Gasteiger charge is -2.16. The van der Waals surface area contributed by atoms with Gasteiger partial charge < -0.3 is 20.1 Å². The molecule has 0 aliphatic carbocycles. The molecular formula is C18H20O4. The van der Waals surface area contributed by atoms with Crippen molar-refractivity contribution in [3.8, 4) is 28.7 Å². The molecule has 0 unspecified atom stereocenters. The maximum Gasteiger partial charge on any atom is 0.177 e. The molecule has 22 heavy (non-hydrogen) atoms. The van der Waals surface area contributed by atoms with Crippen molar-refractivity contribution >= 4 is 5.57 Å². The summed E-state index contributed by atoms with van der Waals surface area (Å²) in [5.41, 5.74) is 2.65. The van der Waals surface area contributed by atoms with Crippen LogP contribution in [0.2, 0.25) is 0 Å². The molecule has 0 amide bonds. The summed E-state index contributed by atoms with van der Waals surface area (Å²) in [4.78, 5) is 0. The van der Waals surface area contributed by atoms with Gasteiger partial charge in [0.05, 0.1) is 0 Å². The number of aryl methyl sites for hydroxylation is 1. The van der Waals surface area contributed by atoms with E-state index in [1.807, 2.05) is 26.8 Å². The van der Waals surface area contributed by atoms with Gasteiger partial charge in [0.2, 0.25) is 0 Å². The second-order valence-electron chi connectivity index (χ2n) is 5.32. The van der Waals surface area contributed by atoms with Gasteiger partial charge in [0.15, 0.2) is 11.5 Å². The van der Waals surface area contributed by atoms with E-state index < -0.39 is 0 Å². The first-order chi connectivity index (χ1) is 10.3. The molecule has 0 saturated heterocycles. The minimum absolute atomic E-state index is 0.00754. The standard InChI is InChI=1S/C18H20O4/c1-5-11(3)15-9-16(20)12(4)17(21)18(15)22-14-7-10(2)6-13(19)8-14/h5-9,19-21H,1-4H3/b11-5+. The van der Waals surface area contributed by atoms with Crippen molar-refractivity contribution in [2.24, 2.45) is 0 Å². The summed E-state index contributed by atoms with van der Waals surface area (Å²) in [6.45, 7) is 7.18. The molecule has 0 aliphatic rings. The highest BCUT2D eigenvalue weighted by atomic mass is 16.5. The van der Waals surface area contributed by atoms with Gasteiger partial charge in [-0.15, -0.1) is 0 Å². The van der Waals surface area contributed by atoms with E-state index in [9.17, 15) is 15.3 Å². The van der Waals surface area contributed by atoms with Crippen molar-refractivity contribution in [3.63, 3.8) is 0 Å². The summed E-state index contributed by atoms with van der Waals surface area (Å²) in [5, 5.41) is 29.9. The highest BCUT2D eigenvalue weighted by Crippen LogP contribution is 2.44. The number of hydrogen-bond donors (Lipinski definition) is 3. The first kappa shape index (κ1) is 15.8. The highest BCUT2D eigenvalue weighted by Gasteiger charge is 2.18. The van der Waals surface area contributed by atoms with E-state index in [0.29, 0.717) is 16.9 Å². The predicted molar refractivity (Wildman–Crippen MR) is 86.8 cm³/mol. The fourth-order valence-electron chi connectivity index (χ4n) is 2.19. The number of benzene rings is 2. The van der Waals surface area contributed by atoms with Gasteiger partial charge in [-0.2, -0.15) is 0 Å². The van der Waals surface area contributed by atoms with Crippen LogP contribution in [-0.4, -0.2) is 15.3 Å². The Labute approximate surface area is 129 Å². The third-order valence-electron chi connectivity index (χ3n) is 3.59. The molecule has 0 radical (unpaired) electrons. The summed E-state index contributed by atoms with van der Waals surface area (Å²) in [6.07, 6.45) is 1.87. The molecule has 0 aliphatic heterocycles. The molecule has 0 heterocycles. The van der Waals surface area contributed by atoms with Crippen LogP contribution in [0.25, 0.3) is 5.57 Å². The second kappa shape index (κ2) is 6.02.